The molecule has 1 aromatic heterocycles. The number of anilines is 1. The molecule has 110 valence electrons. The minimum absolute atomic E-state index is 0.785. The SMILES string of the molecule is CCCc1nc(NC)cc(-c2ccc(C3CCC3)cc2)n1. The smallest absolute Gasteiger partial charge is 0.131 e. The van der Waals surface area contributed by atoms with Gasteiger partial charge in [0, 0.05) is 25.1 Å². The zero-order valence-corrected chi connectivity index (χ0v) is 12.9. The minimum atomic E-state index is 0.785. The molecule has 3 nitrogen and oxygen atoms in total. The first kappa shape index (κ1) is 14.1. The molecule has 0 radical (unpaired) electrons. The van der Waals surface area contributed by atoms with Crippen LogP contribution in [-0.2, 0) is 6.42 Å². The quantitative estimate of drug-likeness (QED) is 0.882. The van der Waals surface area contributed by atoms with Crippen LogP contribution in [0.4, 0.5) is 5.82 Å². The van der Waals surface area contributed by atoms with Crippen LogP contribution >= 0.6 is 0 Å². The Balaban J connectivity index is 1.89. The number of benzene rings is 1. The van der Waals surface area contributed by atoms with Crippen LogP contribution in [0.1, 0.15) is 49.9 Å². The molecule has 1 aromatic carbocycles. The zero-order chi connectivity index (χ0) is 14.7. The van der Waals surface area contributed by atoms with Crippen molar-refractivity contribution in [3.8, 4) is 11.3 Å². The summed E-state index contributed by atoms with van der Waals surface area (Å²) in [5.74, 6) is 2.60. The lowest BCUT2D eigenvalue weighted by Crippen LogP contribution is -2.08. The Hall–Kier alpha value is -1.90. The summed E-state index contributed by atoms with van der Waals surface area (Å²) >= 11 is 0. The van der Waals surface area contributed by atoms with Gasteiger partial charge in [0.1, 0.15) is 11.6 Å². The maximum atomic E-state index is 4.70. The van der Waals surface area contributed by atoms with Crippen LogP contribution in [0.5, 0.6) is 0 Å². The number of hydrogen-bond donors (Lipinski definition) is 1. The molecule has 0 unspecified atom stereocenters. The third kappa shape index (κ3) is 3.07. The van der Waals surface area contributed by atoms with Crippen LogP contribution in [0.25, 0.3) is 11.3 Å². The summed E-state index contributed by atoms with van der Waals surface area (Å²) in [6.07, 6.45) is 6.05. The highest BCUT2D eigenvalue weighted by Crippen LogP contribution is 2.36. The number of aryl methyl sites for hydroxylation is 1. The van der Waals surface area contributed by atoms with Crippen molar-refractivity contribution in [1.29, 1.82) is 0 Å². The number of nitrogens with zero attached hydrogens (tertiary/aromatic N) is 2. The van der Waals surface area contributed by atoms with Crippen molar-refractivity contribution < 1.29 is 0 Å². The Morgan fingerprint density at radius 2 is 1.90 bits per heavy atom. The van der Waals surface area contributed by atoms with Crippen LogP contribution in [0.3, 0.4) is 0 Å². The third-order valence-electron chi connectivity index (χ3n) is 4.29. The van der Waals surface area contributed by atoms with E-state index in [2.05, 4.69) is 41.5 Å². The van der Waals surface area contributed by atoms with Gasteiger partial charge in [0.2, 0.25) is 0 Å². The van der Waals surface area contributed by atoms with Gasteiger partial charge in [-0.15, -0.1) is 0 Å². The highest BCUT2D eigenvalue weighted by Gasteiger charge is 2.19. The molecule has 3 rings (SSSR count). The van der Waals surface area contributed by atoms with Gasteiger partial charge in [-0.1, -0.05) is 37.6 Å². The molecule has 1 fully saturated rings. The van der Waals surface area contributed by atoms with Gasteiger partial charge in [-0.25, -0.2) is 9.97 Å². The molecule has 0 bridgehead atoms. The fourth-order valence-corrected chi connectivity index (χ4v) is 2.78. The Labute approximate surface area is 126 Å². The molecule has 0 aliphatic heterocycles. The lowest BCUT2D eigenvalue weighted by Gasteiger charge is -2.25. The first-order chi connectivity index (χ1) is 10.3. The van der Waals surface area contributed by atoms with Crippen molar-refractivity contribution in [2.24, 2.45) is 0 Å². The normalized spacial score (nSPS) is 14.8. The van der Waals surface area contributed by atoms with E-state index in [-0.39, 0.29) is 0 Å². The Kier molecular flexibility index (Phi) is 4.18. The molecule has 2 aromatic rings. The summed E-state index contributed by atoms with van der Waals surface area (Å²) in [6, 6.07) is 11.0. The van der Waals surface area contributed by atoms with E-state index < -0.39 is 0 Å². The van der Waals surface area contributed by atoms with E-state index in [9.17, 15) is 0 Å². The van der Waals surface area contributed by atoms with Crippen molar-refractivity contribution in [2.75, 3.05) is 12.4 Å². The topological polar surface area (TPSA) is 37.8 Å². The second-order valence-electron chi connectivity index (χ2n) is 5.80. The molecule has 0 atom stereocenters. The van der Waals surface area contributed by atoms with Crippen molar-refractivity contribution in [3.05, 3.63) is 41.7 Å². The maximum Gasteiger partial charge on any atom is 0.131 e. The van der Waals surface area contributed by atoms with E-state index in [1.807, 2.05) is 13.1 Å². The second kappa shape index (κ2) is 6.25. The molecule has 1 aliphatic rings. The zero-order valence-electron chi connectivity index (χ0n) is 12.9. The van der Waals surface area contributed by atoms with Gasteiger partial charge in [0.25, 0.3) is 0 Å². The molecule has 0 saturated heterocycles. The first-order valence-electron chi connectivity index (χ1n) is 7.96. The van der Waals surface area contributed by atoms with Crippen molar-refractivity contribution in [2.45, 2.75) is 44.9 Å². The van der Waals surface area contributed by atoms with E-state index in [1.54, 1.807) is 0 Å². The van der Waals surface area contributed by atoms with E-state index >= 15 is 0 Å². The minimum Gasteiger partial charge on any atom is -0.373 e. The van der Waals surface area contributed by atoms with Gasteiger partial charge >= 0.3 is 0 Å². The third-order valence-corrected chi connectivity index (χ3v) is 4.29. The van der Waals surface area contributed by atoms with Crippen LogP contribution in [-0.4, -0.2) is 17.0 Å². The van der Waals surface area contributed by atoms with E-state index in [1.165, 1.54) is 30.4 Å². The van der Waals surface area contributed by atoms with Gasteiger partial charge in [-0.2, -0.15) is 0 Å². The number of hydrogen-bond acceptors (Lipinski definition) is 3. The van der Waals surface area contributed by atoms with E-state index in [0.717, 1.165) is 36.1 Å². The Bertz CT molecular complexity index is 600. The fraction of sp³-hybridized carbons (Fsp3) is 0.444. The van der Waals surface area contributed by atoms with Gasteiger partial charge in [0.05, 0.1) is 5.69 Å². The van der Waals surface area contributed by atoms with E-state index in [0.29, 0.717) is 0 Å². The van der Waals surface area contributed by atoms with Crippen molar-refractivity contribution in [3.63, 3.8) is 0 Å². The second-order valence-corrected chi connectivity index (χ2v) is 5.80. The molecule has 1 heterocycles. The van der Waals surface area contributed by atoms with Gasteiger partial charge in [-0.05, 0) is 30.7 Å². The molecule has 3 heteroatoms. The Morgan fingerprint density at radius 1 is 1.14 bits per heavy atom. The van der Waals surface area contributed by atoms with Gasteiger partial charge in [0.15, 0.2) is 0 Å². The van der Waals surface area contributed by atoms with Crippen molar-refractivity contribution in [1.82, 2.24) is 9.97 Å². The molecule has 0 amide bonds. The van der Waals surface area contributed by atoms with Crippen molar-refractivity contribution >= 4 is 5.82 Å². The highest BCUT2D eigenvalue weighted by atomic mass is 15.0. The fourth-order valence-electron chi connectivity index (χ4n) is 2.78. The van der Waals surface area contributed by atoms with E-state index in [4.69, 9.17) is 4.98 Å². The summed E-state index contributed by atoms with van der Waals surface area (Å²) in [6.45, 7) is 2.16. The number of aromatic nitrogens is 2. The molecular weight excluding hydrogens is 258 g/mol. The lowest BCUT2D eigenvalue weighted by atomic mass is 9.80. The van der Waals surface area contributed by atoms with Crippen LogP contribution in [0, 0.1) is 0 Å². The first-order valence-corrected chi connectivity index (χ1v) is 7.96. The molecule has 21 heavy (non-hydrogen) atoms. The molecule has 1 aliphatic carbocycles. The average Bonchev–Trinajstić information content (AvgIpc) is 2.46. The van der Waals surface area contributed by atoms with Gasteiger partial charge in [-0.3, -0.25) is 0 Å². The lowest BCUT2D eigenvalue weighted by molar-refractivity contribution is 0.420. The summed E-state index contributed by atoms with van der Waals surface area (Å²) < 4.78 is 0. The number of rotatable bonds is 5. The van der Waals surface area contributed by atoms with Gasteiger partial charge < -0.3 is 5.32 Å². The summed E-state index contributed by atoms with van der Waals surface area (Å²) in [5, 5.41) is 3.13. The van der Waals surface area contributed by atoms with Crippen LogP contribution < -0.4 is 5.32 Å². The summed E-state index contributed by atoms with van der Waals surface area (Å²) in [4.78, 5) is 9.21. The predicted octanol–water partition coefficient (Wildman–Crippen LogP) is 4.41. The molecule has 0 spiro atoms. The molecule has 1 N–H and O–H groups in total. The molecular formula is C18H23N3. The van der Waals surface area contributed by atoms with Crippen LogP contribution in [0.15, 0.2) is 30.3 Å². The van der Waals surface area contributed by atoms with Crippen LogP contribution in [0.2, 0.25) is 0 Å². The monoisotopic (exact) mass is 281 g/mol. The summed E-state index contributed by atoms with van der Waals surface area (Å²) in [5.41, 5.74) is 3.66. The largest absolute Gasteiger partial charge is 0.373 e. The predicted molar refractivity (Wildman–Crippen MR) is 87.6 cm³/mol. The number of nitrogens with one attached hydrogen (secondary N) is 1. The highest BCUT2D eigenvalue weighted by molar-refractivity contribution is 5.63. The summed E-state index contributed by atoms with van der Waals surface area (Å²) in [7, 11) is 1.90. The average molecular weight is 281 g/mol. The standard InChI is InChI=1S/C18H23N3/c1-3-5-17-20-16(12-18(19-2)21-17)15-10-8-14(9-11-15)13-6-4-7-13/h8-13H,3-7H2,1-2H3,(H,19,20,21). The maximum absolute atomic E-state index is 4.70. The Morgan fingerprint density at radius 3 is 2.48 bits per heavy atom. The molecule has 1 saturated carbocycles.